The van der Waals surface area contributed by atoms with Gasteiger partial charge in [0.15, 0.2) is 18.1 Å². The molecule has 5 aliphatic rings. The number of benzene rings is 2. The lowest BCUT2D eigenvalue weighted by atomic mass is 9.42. The van der Waals surface area contributed by atoms with Gasteiger partial charge in [-0.25, -0.2) is 4.79 Å². The van der Waals surface area contributed by atoms with Crippen LogP contribution in [0, 0.1) is 17.3 Å². The first kappa shape index (κ1) is 26.0. The van der Waals surface area contributed by atoms with E-state index in [1.807, 2.05) is 18.2 Å². The Morgan fingerprint density at radius 1 is 0.949 bits per heavy atom. The van der Waals surface area contributed by atoms with Gasteiger partial charge in [0.05, 0.1) is 26.2 Å². The summed E-state index contributed by atoms with van der Waals surface area (Å²) in [5.41, 5.74) is 3.45. The lowest BCUT2D eigenvalue weighted by Crippen LogP contribution is -2.60. The largest absolute Gasteiger partial charge is 0.493 e. The third kappa shape index (κ3) is 4.64. The third-order valence-electron chi connectivity index (χ3n) is 9.65. The highest BCUT2D eigenvalue weighted by Gasteiger charge is 2.61. The van der Waals surface area contributed by atoms with Crippen molar-refractivity contribution in [2.24, 2.45) is 17.3 Å². The van der Waals surface area contributed by atoms with Gasteiger partial charge in [-0.3, -0.25) is 4.79 Å². The molecule has 2 atom stereocenters. The number of ether oxygens (including phenoxy) is 4. The molecule has 0 aromatic heterocycles. The van der Waals surface area contributed by atoms with E-state index in [1.165, 1.54) is 17.5 Å². The minimum Gasteiger partial charge on any atom is -0.493 e. The van der Waals surface area contributed by atoms with E-state index in [1.54, 1.807) is 21.1 Å². The average molecular weight is 534 g/mol. The van der Waals surface area contributed by atoms with Crippen LogP contribution in [0.5, 0.6) is 17.2 Å². The topological polar surface area (TPSA) is 74.3 Å². The second-order valence-corrected chi connectivity index (χ2v) is 12.1. The molecular formula is C32H39NO6. The summed E-state index contributed by atoms with van der Waals surface area (Å²) in [7, 11) is 3.32. The Morgan fingerprint density at radius 3 is 2.26 bits per heavy atom. The third-order valence-corrected chi connectivity index (χ3v) is 9.65. The van der Waals surface area contributed by atoms with Gasteiger partial charge in [0, 0.05) is 13.1 Å². The molecule has 1 heterocycles. The summed E-state index contributed by atoms with van der Waals surface area (Å²) < 4.78 is 21.7. The smallest absolute Gasteiger partial charge is 0.344 e. The normalized spacial score (nSPS) is 28.5. The van der Waals surface area contributed by atoms with Gasteiger partial charge >= 0.3 is 5.97 Å². The van der Waals surface area contributed by atoms with Gasteiger partial charge in [-0.15, -0.1) is 0 Å². The van der Waals surface area contributed by atoms with E-state index in [0.717, 1.165) is 56.4 Å². The minimum atomic E-state index is -0.360. The number of esters is 1. The Labute approximate surface area is 230 Å². The van der Waals surface area contributed by atoms with E-state index in [9.17, 15) is 9.59 Å². The fraction of sp³-hybridized carbons (Fsp3) is 0.562. The molecule has 208 valence electrons. The zero-order valence-corrected chi connectivity index (χ0v) is 23.3. The summed E-state index contributed by atoms with van der Waals surface area (Å²) in [6.45, 7) is 3.43. The number of nitrogens with zero attached hydrogens (tertiary/aromatic N) is 1. The molecule has 2 aromatic carbocycles. The van der Waals surface area contributed by atoms with Crippen LogP contribution in [0.2, 0.25) is 0 Å². The van der Waals surface area contributed by atoms with Crippen molar-refractivity contribution < 1.29 is 28.5 Å². The molecule has 4 bridgehead atoms. The molecular weight excluding hydrogens is 494 g/mol. The van der Waals surface area contributed by atoms with Crippen molar-refractivity contribution in [1.29, 1.82) is 0 Å². The van der Waals surface area contributed by atoms with Crippen molar-refractivity contribution in [2.75, 3.05) is 34.0 Å². The average Bonchev–Trinajstić information content (AvgIpc) is 2.94. The van der Waals surface area contributed by atoms with Gasteiger partial charge in [0.25, 0.3) is 0 Å². The van der Waals surface area contributed by atoms with Gasteiger partial charge in [-0.1, -0.05) is 12.1 Å². The van der Waals surface area contributed by atoms with Crippen LogP contribution in [0.1, 0.15) is 62.1 Å². The SMILES string of the molecule is CCOC(=O)COc1ccc(C23CC4CC(CC(C(=O)N5CCc6cc(OC)c(OC)cc6C5)(C4)C2)C3)cc1. The van der Waals surface area contributed by atoms with Crippen LogP contribution < -0.4 is 14.2 Å². The number of hydrogen-bond acceptors (Lipinski definition) is 6. The number of carbonyl (C=O) groups is 2. The van der Waals surface area contributed by atoms with Crippen LogP contribution in [0.15, 0.2) is 36.4 Å². The van der Waals surface area contributed by atoms with E-state index in [-0.39, 0.29) is 23.4 Å². The molecule has 2 unspecified atom stereocenters. The van der Waals surface area contributed by atoms with Crippen LogP contribution in [0.3, 0.4) is 0 Å². The van der Waals surface area contributed by atoms with E-state index < -0.39 is 0 Å². The highest BCUT2D eigenvalue weighted by Crippen LogP contribution is 2.66. The Balaban J connectivity index is 1.21. The molecule has 1 aliphatic heterocycles. The zero-order valence-electron chi connectivity index (χ0n) is 23.3. The standard InChI is InChI=1S/C32H39NO6/c1-4-38-29(34)19-39-26-7-5-25(6-8-26)31-14-21-11-22(15-31)17-32(16-21,20-31)30(35)33-10-9-23-12-27(36-2)28(37-3)13-24(23)18-33/h5-8,12-13,21-22H,4,9-11,14-20H2,1-3H3. The van der Waals surface area contributed by atoms with Gasteiger partial charge in [-0.05, 0) is 110 Å². The van der Waals surface area contributed by atoms with Crippen LogP contribution in [0.4, 0.5) is 0 Å². The summed E-state index contributed by atoms with van der Waals surface area (Å²) in [5, 5.41) is 0. The van der Waals surface area contributed by atoms with Crippen molar-refractivity contribution in [3.05, 3.63) is 53.1 Å². The van der Waals surface area contributed by atoms with Gasteiger partial charge in [0.1, 0.15) is 5.75 Å². The minimum absolute atomic E-state index is 0.0314. The quantitative estimate of drug-likeness (QED) is 0.441. The van der Waals surface area contributed by atoms with Crippen LogP contribution >= 0.6 is 0 Å². The fourth-order valence-corrected chi connectivity index (χ4v) is 8.49. The van der Waals surface area contributed by atoms with E-state index in [4.69, 9.17) is 18.9 Å². The summed E-state index contributed by atoms with van der Waals surface area (Å²) >= 11 is 0. The number of carbonyl (C=O) groups excluding carboxylic acids is 2. The molecule has 0 radical (unpaired) electrons. The van der Waals surface area contributed by atoms with Crippen molar-refractivity contribution in [3.8, 4) is 17.2 Å². The lowest BCUT2D eigenvalue weighted by molar-refractivity contribution is -0.161. The Bertz CT molecular complexity index is 1240. The summed E-state index contributed by atoms with van der Waals surface area (Å²) in [5.74, 6) is 3.30. The summed E-state index contributed by atoms with van der Waals surface area (Å²) in [4.78, 5) is 28.2. The van der Waals surface area contributed by atoms with E-state index in [0.29, 0.717) is 42.4 Å². The molecule has 4 aliphatic carbocycles. The first-order chi connectivity index (χ1) is 18.9. The van der Waals surface area contributed by atoms with Crippen molar-refractivity contribution >= 4 is 11.9 Å². The monoisotopic (exact) mass is 533 g/mol. The van der Waals surface area contributed by atoms with Crippen LogP contribution in [-0.2, 0) is 32.7 Å². The molecule has 4 fully saturated rings. The molecule has 39 heavy (non-hydrogen) atoms. The predicted octanol–water partition coefficient (Wildman–Crippen LogP) is 5.07. The number of fused-ring (bicyclic) bond motifs is 1. The molecule has 7 rings (SSSR count). The molecule has 7 nitrogen and oxygen atoms in total. The molecule has 0 spiro atoms. The van der Waals surface area contributed by atoms with Gasteiger partial charge < -0.3 is 23.8 Å². The van der Waals surface area contributed by atoms with Crippen molar-refractivity contribution in [3.63, 3.8) is 0 Å². The predicted molar refractivity (Wildman–Crippen MR) is 146 cm³/mol. The summed E-state index contributed by atoms with van der Waals surface area (Å²) in [6.07, 6.45) is 7.34. The van der Waals surface area contributed by atoms with E-state index in [2.05, 4.69) is 23.1 Å². The first-order valence-electron chi connectivity index (χ1n) is 14.3. The van der Waals surface area contributed by atoms with Crippen molar-refractivity contribution in [1.82, 2.24) is 4.90 Å². The molecule has 1 amide bonds. The Hall–Kier alpha value is -3.22. The second-order valence-electron chi connectivity index (χ2n) is 12.1. The number of rotatable bonds is 8. The molecule has 7 heteroatoms. The Kier molecular flexibility index (Phi) is 6.72. The Morgan fingerprint density at radius 2 is 1.62 bits per heavy atom. The summed E-state index contributed by atoms with van der Waals surface area (Å²) in [6, 6.07) is 12.3. The van der Waals surface area contributed by atoms with E-state index >= 15 is 0 Å². The molecule has 2 aromatic rings. The number of hydrogen-bond donors (Lipinski definition) is 0. The zero-order chi connectivity index (χ0) is 27.2. The maximum Gasteiger partial charge on any atom is 0.344 e. The van der Waals surface area contributed by atoms with Crippen LogP contribution in [-0.4, -0.2) is 50.8 Å². The van der Waals surface area contributed by atoms with Gasteiger partial charge in [0.2, 0.25) is 5.91 Å². The van der Waals surface area contributed by atoms with Crippen LogP contribution in [0.25, 0.3) is 0 Å². The van der Waals surface area contributed by atoms with Gasteiger partial charge in [-0.2, -0.15) is 0 Å². The number of methoxy groups -OCH3 is 2. The lowest BCUT2D eigenvalue weighted by Gasteiger charge is -2.62. The number of amides is 1. The second kappa shape index (κ2) is 10.1. The highest BCUT2D eigenvalue weighted by molar-refractivity contribution is 5.84. The molecule has 4 saturated carbocycles. The maximum absolute atomic E-state index is 14.4. The first-order valence-corrected chi connectivity index (χ1v) is 14.3. The fourth-order valence-electron chi connectivity index (χ4n) is 8.49. The maximum atomic E-state index is 14.4. The molecule has 0 N–H and O–H groups in total. The van der Waals surface area contributed by atoms with Crippen molar-refractivity contribution in [2.45, 2.75) is 63.8 Å². The highest BCUT2D eigenvalue weighted by atomic mass is 16.6. The molecule has 0 saturated heterocycles.